The van der Waals surface area contributed by atoms with Crippen LogP contribution in [-0.2, 0) is 14.3 Å². The van der Waals surface area contributed by atoms with Crippen molar-refractivity contribution >= 4 is 35.8 Å². The number of rotatable bonds is 8. The van der Waals surface area contributed by atoms with Gasteiger partial charge in [-0.2, -0.15) is 0 Å². The molecule has 11 heteroatoms. The van der Waals surface area contributed by atoms with E-state index in [0.717, 1.165) is 32.5 Å². The van der Waals surface area contributed by atoms with Gasteiger partial charge in [0, 0.05) is 56.9 Å². The average molecular weight is 516 g/mol. The maximum absolute atomic E-state index is 13.0. The molecule has 1 aromatic carbocycles. The minimum absolute atomic E-state index is 0.0950. The number of carbonyl (C=O) groups excluding carboxylic acids is 5. The minimum Gasteiger partial charge on any atom is -0.444 e. The lowest BCUT2D eigenvalue weighted by Crippen LogP contribution is -2.53. The van der Waals surface area contributed by atoms with Crippen molar-refractivity contribution in [2.45, 2.75) is 64.1 Å². The number of likely N-dealkylation sites (tertiary alicyclic amines) is 1. The van der Waals surface area contributed by atoms with Crippen LogP contribution >= 0.6 is 0 Å². The molecule has 0 radical (unpaired) electrons. The first-order chi connectivity index (χ1) is 17.5. The van der Waals surface area contributed by atoms with Gasteiger partial charge in [0.15, 0.2) is 6.29 Å². The Morgan fingerprint density at radius 1 is 1.19 bits per heavy atom. The molecule has 1 atom stereocenters. The molecular weight excluding hydrogens is 478 g/mol. The highest BCUT2D eigenvalue weighted by Gasteiger charge is 2.33. The van der Waals surface area contributed by atoms with E-state index < -0.39 is 23.5 Å². The number of benzene rings is 1. The summed E-state index contributed by atoms with van der Waals surface area (Å²) in [7, 11) is 1.50. The van der Waals surface area contributed by atoms with E-state index in [2.05, 4.69) is 20.9 Å². The lowest BCUT2D eigenvalue weighted by Gasteiger charge is -2.32. The predicted octanol–water partition coefficient (Wildman–Crippen LogP) is 1.78. The van der Waals surface area contributed by atoms with Crippen molar-refractivity contribution in [3.05, 3.63) is 29.3 Å². The molecule has 2 aliphatic heterocycles. The van der Waals surface area contributed by atoms with Crippen LogP contribution < -0.4 is 16.0 Å². The molecule has 3 rings (SSSR count). The molecule has 0 saturated carbocycles. The summed E-state index contributed by atoms with van der Waals surface area (Å²) in [6.07, 6.45) is 2.33. The number of hydrogen-bond donors (Lipinski definition) is 3. The molecule has 2 aliphatic rings. The monoisotopic (exact) mass is 515 g/mol. The van der Waals surface area contributed by atoms with Crippen LogP contribution in [0.3, 0.4) is 0 Å². The largest absolute Gasteiger partial charge is 0.444 e. The van der Waals surface area contributed by atoms with Gasteiger partial charge in [-0.3, -0.25) is 24.5 Å². The van der Waals surface area contributed by atoms with Crippen molar-refractivity contribution in [3.63, 3.8) is 0 Å². The molecule has 11 nitrogen and oxygen atoms in total. The topological polar surface area (TPSA) is 137 Å². The number of alkyl carbamates (subject to hydrolysis) is 1. The van der Waals surface area contributed by atoms with Crippen LogP contribution in [0.5, 0.6) is 0 Å². The smallest absolute Gasteiger partial charge is 0.407 e. The molecule has 0 bridgehead atoms. The molecule has 1 aromatic rings. The van der Waals surface area contributed by atoms with E-state index in [1.807, 2.05) is 20.8 Å². The van der Waals surface area contributed by atoms with Gasteiger partial charge in [0.1, 0.15) is 11.6 Å². The van der Waals surface area contributed by atoms with Crippen LogP contribution in [0.2, 0.25) is 0 Å². The zero-order chi connectivity index (χ0) is 27.2. The third-order valence-electron chi connectivity index (χ3n) is 6.47. The normalized spacial score (nSPS) is 19.1. The SMILES string of the molecule is CN(C(=O)c1ccc(NCCN2CCC(NC(=O)OC(C)(C)C)CC2)cc1C=O)C1CCC(=O)NC1=O. The van der Waals surface area contributed by atoms with Crippen LogP contribution in [0.1, 0.15) is 67.2 Å². The summed E-state index contributed by atoms with van der Waals surface area (Å²) in [5, 5.41) is 8.47. The van der Waals surface area contributed by atoms with Gasteiger partial charge in [-0.1, -0.05) is 0 Å². The maximum Gasteiger partial charge on any atom is 0.407 e. The summed E-state index contributed by atoms with van der Waals surface area (Å²) in [6.45, 7) is 8.65. The Morgan fingerprint density at radius 3 is 2.51 bits per heavy atom. The summed E-state index contributed by atoms with van der Waals surface area (Å²) >= 11 is 0. The van der Waals surface area contributed by atoms with Gasteiger partial charge < -0.3 is 25.2 Å². The van der Waals surface area contributed by atoms with E-state index in [1.165, 1.54) is 11.9 Å². The van der Waals surface area contributed by atoms with Crippen molar-refractivity contribution in [1.29, 1.82) is 0 Å². The lowest BCUT2D eigenvalue weighted by molar-refractivity contribution is -0.136. The molecule has 202 valence electrons. The number of nitrogens with zero attached hydrogens (tertiary/aromatic N) is 2. The van der Waals surface area contributed by atoms with Crippen molar-refractivity contribution < 1.29 is 28.7 Å². The zero-order valence-corrected chi connectivity index (χ0v) is 22.0. The van der Waals surface area contributed by atoms with Gasteiger partial charge in [-0.15, -0.1) is 0 Å². The minimum atomic E-state index is -0.758. The highest BCUT2D eigenvalue weighted by atomic mass is 16.6. The number of imide groups is 1. The standard InChI is InChI=1S/C26H37N5O6/c1-26(2,3)37-25(36)28-18-9-12-31(13-10-18)14-11-27-19-5-6-20(17(15-19)16-32)24(35)30(4)21-7-8-22(33)29-23(21)34/h5-6,15-16,18,21,27H,7-14H2,1-4H3,(H,28,36)(H,29,33,34). The molecule has 37 heavy (non-hydrogen) atoms. The van der Waals surface area contributed by atoms with E-state index in [4.69, 9.17) is 4.74 Å². The Bertz CT molecular complexity index is 1030. The number of hydrogen-bond acceptors (Lipinski definition) is 8. The fourth-order valence-corrected chi connectivity index (χ4v) is 4.48. The molecular formula is C26H37N5O6. The fourth-order valence-electron chi connectivity index (χ4n) is 4.48. The summed E-state index contributed by atoms with van der Waals surface area (Å²) in [5.41, 5.74) is 0.620. The highest BCUT2D eigenvalue weighted by molar-refractivity contribution is 6.06. The van der Waals surface area contributed by atoms with Crippen LogP contribution in [0.15, 0.2) is 18.2 Å². The molecule has 2 fully saturated rings. The second-order valence-corrected chi connectivity index (χ2v) is 10.5. The second kappa shape index (κ2) is 12.2. The first kappa shape index (κ1) is 28.1. The molecule has 1 unspecified atom stereocenters. The average Bonchev–Trinajstić information content (AvgIpc) is 2.83. The van der Waals surface area contributed by atoms with Crippen molar-refractivity contribution in [2.24, 2.45) is 0 Å². The Kier molecular flexibility index (Phi) is 9.25. The van der Waals surface area contributed by atoms with Gasteiger partial charge in [0.05, 0.1) is 5.56 Å². The number of nitrogens with one attached hydrogen (secondary N) is 3. The first-order valence-electron chi connectivity index (χ1n) is 12.6. The number of likely N-dealkylation sites (N-methyl/N-ethyl adjacent to an activating group) is 1. The zero-order valence-electron chi connectivity index (χ0n) is 22.0. The summed E-state index contributed by atoms with van der Waals surface area (Å²) in [5.74, 6) is -1.32. The van der Waals surface area contributed by atoms with E-state index in [1.54, 1.807) is 18.2 Å². The van der Waals surface area contributed by atoms with E-state index >= 15 is 0 Å². The molecule has 0 aromatic heterocycles. The number of piperidine rings is 2. The highest BCUT2D eigenvalue weighted by Crippen LogP contribution is 2.20. The Labute approximate surface area is 217 Å². The molecule has 2 heterocycles. The van der Waals surface area contributed by atoms with Gasteiger partial charge >= 0.3 is 6.09 Å². The van der Waals surface area contributed by atoms with Gasteiger partial charge in [0.2, 0.25) is 11.8 Å². The van der Waals surface area contributed by atoms with Crippen LogP contribution in [0, 0.1) is 0 Å². The number of anilines is 1. The van der Waals surface area contributed by atoms with Gasteiger partial charge in [-0.05, 0) is 58.2 Å². The molecule has 2 saturated heterocycles. The summed E-state index contributed by atoms with van der Waals surface area (Å²) in [6, 6.07) is 4.26. The summed E-state index contributed by atoms with van der Waals surface area (Å²) in [4.78, 5) is 63.8. The van der Waals surface area contributed by atoms with Crippen molar-refractivity contribution in [1.82, 2.24) is 20.4 Å². The molecule has 4 amide bonds. The van der Waals surface area contributed by atoms with Crippen LogP contribution in [-0.4, -0.2) is 90.8 Å². The number of aldehydes is 1. The first-order valence-corrected chi connectivity index (χ1v) is 12.6. The number of ether oxygens (including phenoxy) is 1. The fraction of sp³-hybridized carbons (Fsp3) is 0.577. The number of amides is 4. The van der Waals surface area contributed by atoms with E-state index in [9.17, 15) is 24.0 Å². The molecule has 0 aliphatic carbocycles. The second-order valence-electron chi connectivity index (χ2n) is 10.5. The third kappa shape index (κ3) is 8.01. The van der Waals surface area contributed by atoms with Crippen molar-refractivity contribution in [2.75, 3.05) is 38.5 Å². The Morgan fingerprint density at radius 2 is 1.89 bits per heavy atom. The molecule has 3 N–H and O–H groups in total. The maximum atomic E-state index is 13.0. The Balaban J connectivity index is 1.47. The lowest BCUT2D eigenvalue weighted by atomic mass is 10.0. The quantitative estimate of drug-likeness (QED) is 0.352. The number of carbonyl (C=O) groups is 5. The molecule has 0 spiro atoms. The van der Waals surface area contributed by atoms with Crippen LogP contribution in [0.4, 0.5) is 10.5 Å². The summed E-state index contributed by atoms with van der Waals surface area (Å²) < 4.78 is 5.32. The van der Waals surface area contributed by atoms with Gasteiger partial charge in [0.25, 0.3) is 5.91 Å². The van der Waals surface area contributed by atoms with E-state index in [-0.39, 0.29) is 42.0 Å². The van der Waals surface area contributed by atoms with Gasteiger partial charge in [-0.25, -0.2) is 4.79 Å². The Hall–Kier alpha value is -3.47. The van der Waals surface area contributed by atoms with E-state index in [0.29, 0.717) is 18.5 Å². The van der Waals surface area contributed by atoms with Crippen molar-refractivity contribution in [3.8, 4) is 0 Å². The predicted molar refractivity (Wildman–Crippen MR) is 137 cm³/mol. The van der Waals surface area contributed by atoms with Crippen LogP contribution in [0.25, 0.3) is 0 Å². The third-order valence-corrected chi connectivity index (χ3v) is 6.47.